The van der Waals surface area contributed by atoms with Crippen molar-refractivity contribution in [1.29, 1.82) is 0 Å². The van der Waals surface area contributed by atoms with Crippen molar-refractivity contribution in [3.8, 4) is 11.5 Å². The summed E-state index contributed by atoms with van der Waals surface area (Å²) in [6.45, 7) is 5.78. The van der Waals surface area contributed by atoms with Gasteiger partial charge in [0.05, 0.1) is 0 Å². The number of hydrogen-bond donors (Lipinski definition) is 0. The Labute approximate surface area is 159 Å². The van der Waals surface area contributed by atoms with Gasteiger partial charge in [-0.2, -0.15) is 0 Å². The molecular weight excluding hydrogens is 342 g/mol. The minimum atomic E-state index is 0.223. The van der Waals surface area contributed by atoms with Crippen molar-refractivity contribution in [3.63, 3.8) is 0 Å². The molecule has 0 N–H and O–H groups in total. The van der Waals surface area contributed by atoms with E-state index in [1.54, 1.807) is 0 Å². The number of hydrogen-bond acceptors (Lipinski definition) is 5. The number of anilines is 1. The van der Waals surface area contributed by atoms with Crippen molar-refractivity contribution in [2.45, 2.75) is 26.2 Å². The first-order valence-electron chi connectivity index (χ1n) is 9.52. The summed E-state index contributed by atoms with van der Waals surface area (Å²) in [7, 11) is 0. The molecule has 6 nitrogen and oxygen atoms in total. The molecule has 142 valence electrons. The fourth-order valence-electron chi connectivity index (χ4n) is 3.73. The smallest absolute Gasteiger partial charge is 0.231 e. The van der Waals surface area contributed by atoms with E-state index in [4.69, 9.17) is 9.47 Å². The van der Waals surface area contributed by atoms with E-state index in [2.05, 4.69) is 22.9 Å². The summed E-state index contributed by atoms with van der Waals surface area (Å²) in [5.74, 6) is 1.78. The number of benzene rings is 1. The second-order valence-electron chi connectivity index (χ2n) is 7.07. The molecule has 1 amide bonds. The first-order chi connectivity index (χ1) is 13.2. The van der Waals surface area contributed by atoms with Crippen LogP contribution in [0.5, 0.6) is 11.5 Å². The molecule has 27 heavy (non-hydrogen) atoms. The van der Waals surface area contributed by atoms with Gasteiger partial charge in [-0.15, -0.1) is 0 Å². The molecule has 0 atom stereocenters. The van der Waals surface area contributed by atoms with Crippen molar-refractivity contribution in [1.82, 2.24) is 9.88 Å². The molecule has 1 aromatic heterocycles. The van der Waals surface area contributed by atoms with Crippen LogP contribution in [0, 0.1) is 6.92 Å². The standard InChI is InChI=1S/C21H25N3O3/c1-16-14-22-8-7-18(16)23-9-2-10-24(12-11-23)21(25)6-4-17-3-5-19-20(13-17)27-15-26-19/h3,5,7-8,13-14H,2,4,6,9-12,15H2,1H3. The Morgan fingerprint density at radius 1 is 1.11 bits per heavy atom. The maximum Gasteiger partial charge on any atom is 0.231 e. The zero-order valence-corrected chi connectivity index (χ0v) is 15.7. The lowest BCUT2D eigenvalue weighted by atomic mass is 10.1. The lowest BCUT2D eigenvalue weighted by molar-refractivity contribution is -0.130. The fraction of sp³-hybridized carbons (Fsp3) is 0.429. The van der Waals surface area contributed by atoms with Crippen LogP contribution in [0.15, 0.2) is 36.7 Å². The van der Waals surface area contributed by atoms with Gasteiger partial charge in [-0.25, -0.2) is 0 Å². The molecule has 2 aliphatic heterocycles. The van der Waals surface area contributed by atoms with E-state index in [0.29, 0.717) is 6.42 Å². The molecule has 1 saturated heterocycles. The third-order valence-electron chi connectivity index (χ3n) is 5.24. The molecule has 0 unspecified atom stereocenters. The van der Waals surface area contributed by atoms with Gasteiger partial charge in [-0.05, 0) is 49.1 Å². The topological polar surface area (TPSA) is 54.9 Å². The average Bonchev–Trinajstić information content (AvgIpc) is 3.01. The number of nitrogens with zero attached hydrogens (tertiary/aromatic N) is 3. The van der Waals surface area contributed by atoms with Gasteiger partial charge in [0.15, 0.2) is 11.5 Å². The number of rotatable bonds is 4. The van der Waals surface area contributed by atoms with Gasteiger partial charge in [0.1, 0.15) is 0 Å². The van der Waals surface area contributed by atoms with E-state index in [-0.39, 0.29) is 12.7 Å². The first-order valence-corrected chi connectivity index (χ1v) is 9.52. The molecule has 0 bridgehead atoms. The predicted octanol–water partition coefficient (Wildman–Crippen LogP) is 2.79. The molecular formula is C21H25N3O3. The van der Waals surface area contributed by atoms with Crippen LogP contribution in [0.4, 0.5) is 5.69 Å². The van der Waals surface area contributed by atoms with Crippen molar-refractivity contribution in [3.05, 3.63) is 47.8 Å². The Balaban J connectivity index is 1.32. The number of pyridine rings is 1. The number of amides is 1. The summed E-state index contributed by atoms with van der Waals surface area (Å²) in [5, 5.41) is 0. The Hall–Kier alpha value is -2.76. The summed E-state index contributed by atoms with van der Waals surface area (Å²) in [6.07, 6.45) is 5.96. The summed E-state index contributed by atoms with van der Waals surface area (Å²) in [4.78, 5) is 21.2. The molecule has 1 fully saturated rings. The number of aromatic nitrogens is 1. The average molecular weight is 367 g/mol. The van der Waals surface area contributed by atoms with Gasteiger partial charge in [-0.1, -0.05) is 6.07 Å². The van der Waals surface area contributed by atoms with Gasteiger partial charge in [0, 0.05) is 50.7 Å². The highest BCUT2D eigenvalue weighted by atomic mass is 16.7. The molecule has 0 saturated carbocycles. The van der Waals surface area contributed by atoms with Gasteiger partial charge >= 0.3 is 0 Å². The molecule has 1 aromatic carbocycles. The third-order valence-corrected chi connectivity index (χ3v) is 5.24. The number of fused-ring (bicyclic) bond motifs is 1. The molecule has 3 heterocycles. The van der Waals surface area contributed by atoms with Gasteiger partial charge in [-0.3, -0.25) is 9.78 Å². The summed E-state index contributed by atoms with van der Waals surface area (Å²) >= 11 is 0. The number of aryl methyl sites for hydroxylation is 2. The molecule has 0 spiro atoms. The van der Waals surface area contributed by atoms with Gasteiger partial charge < -0.3 is 19.3 Å². The third kappa shape index (κ3) is 3.99. The van der Waals surface area contributed by atoms with E-state index in [1.165, 1.54) is 11.3 Å². The van der Waals surface area contributed by atoms with Crippen LogP contribution in [-0.4, -0.2) is 48.8 Å². The zero-order chi connectivity index (χ0) is 18.6. The summed E-state index contributed by atoms with van der Waals surface area (Å²) in [6, 6.07) is 7.97. The van der Waals surface area contributed by atoms with E-state index < -0.39 is 0 Å². The predicted molar refractivity (Wildman–Crippen MR) is 103 cm³/mol. The van der Waals surface area contributed by atoms with Gasteiger partial charge in [0.2, 0.25) is 12.7 Å². The first kappa shape index (κ1) is 17.6. The zero-order valence-electron chi connectivity index (χ0n) is 15.7. The van der Waals surface area contributed by atoms with Crippen LogP contribution in [0.2, 0.25) is 0 Å². The van der Waals surface area contributed by atoms with Crippen LogP contribution in [0.1, 0.15) is 24.0 Å². The van der Waals surface area contributed by atoms with Gasteiger partial charge in [0.25, 0.3) is 0 Å². The lowest BCUT2D eigenvalue weighted by Crippen LogP contribution is -2.35. The maximum absolute atomic E-state index is 12.7. The van der Waals surface area contributed by atoms with Crippen LogP contribution >= 0.6 is 0 Å². The van der Waals surface area contributed by atoms with Crippen molar-refractivity contribution in [2.24, 2.45) is 0 Å². The van der Waals surface area contributed by atoms with E-state index in [1.807, 2.05) is 35.5 Å². The number of carbonyl (C=O) groups excluding carboxylic acids is 1. The highest BCUT2D eigenvalue weighted by Crippen LogP contribution is 2.32. The van der Waals surface area contributed by atoms with E-state index in [9.17, 15) is 4.79 Å². The van der Waals surface area contributed by atoms with E-state index >= 15 is 0 Å². The van der Waals surface area contributed by atoms with Crippen LogP contribution in [0.25, 0.3) is 0 Å². The molecule has 0 aliphatic carbocycles. The second kappa shape index (κ2) is 7.86. The number of carbonyl (C=O) groups is 1. The van der Waals surface area contributed by atoms with Crippen LogP contribution < -0.4 is 14.4 Å². The minimum absolute atomic E-state index is 0.223. The molecule has 6 heteroatoms. The summed E-state index contributed by atoms with van der Waals surface area (Å²) < 4.78 is 10.8. The van der Waals surface area contributed by atoms with Crippen molar-refractivity contribution < 1.29 is 14.3 Å². The van der Waals surface area contributed by atoms with Crippen LogP contribution in [-0.2, 0) is 11.2 Å². The minimum Gasteiger partial charge on any atom is -0.454 e. The largest absolute Gasteiger partial charge is 0.454 e. The quantitative estimate of drug-likeness (QED) is 0.832. The SMILES string of the molecule is Cc1cnccc1N1CCCN(C(=O)CCc2ccc3c(c2)OCO3)CC1. The molecule has 0 radical (unpaired) electrons. The van der Waals surface area contributed by atoms with Crippen LogP contribution in [0.3, 0.4) is 0 Å². The Morgan fingerprint density at radius 3 is 2.89 bits per heavy atom. The Morgan fingerprint density at radius 2 is 2.00 bits per heavy atom. The molecule has 4 rings (SSSR count). The number of ether oxygens (including phenoxy) is 2. The highest BCUT2D eigenvalue weighted by molar-refractivity contribution is 5.76. The summed E-state index contributed by atoms with van der Waals surface area (Å²) in [5.41, 5.74) is 3.51. The molecule has 2 aliphatic rings. The Bertz CT molecular complexity index is 824. The Kier molecular flexibility index (Phi) is 5.14. The highest BCUT2D eigenvalue weighted by Gasteiger charge is 2.20. The van der Waals surface area contributed by atoms with Crippen molar-refractivity contribution >= 4 is 11.6 Å². The normalized spacial score (nSPS) is 16.3. The fourth-order valence-corrected chi connectivity index (χ4v) is 3.73. The van der Waals surface area contributed by atoms with E-state index in [0.717, 1.165) is 56.1 Å². The van der Waals surface area contributed by atoms with Crippen molar-refractivity contribution in [2.75, 3.05) is 37.9 Å². The monoisotopic (exact) mass is 367 g/mol. The second-order valence-corrected chi connectivity index (χ2v) is 7.07. The lowest BCUT2D eigenvalue weighted by Gasteiger charge is -2.25. The maximum atomic E-state index is 12.7. The molecule has 2 aromatic rings.